The Hall–Kier alpha value is -0.0900. The van der Waals surface area contributed by atoms with Gasteiger partial charge in [0.2, 0.25) is 0 Å². The molecule has 0 aromatic carbocycles. The predicted octanol–water partition coefficient (Wildman–Crippen LogP) is -2.28. The van der Waals surface area contributed by atoms with E-state index in [0.717, 1.165) is 12.8 Å². The van der Waals surface area contributed by atoms with Gasteiger partial charge in [-0.15, -0.1) is 0 Å². The predicted molar refractivity (Wildman–Crippen MR) is 63.4 cm³/mol. The van der Waals surface area contributed by atoms with Gasteiger partial charge in [0.1, 0.15) is 36.6 Å². The zero-order chi connectivity index (χ0) is 15.1. The van der Waals surface area contributed by atoms with Crippen LogP contribution in [0.3, 0.4) is 0 Å². The van der Waals surface area contributed by atoms with Gasteiger partial charge in [-0.2, -0.15) is 0 Å². The zero-order valence-electron chi connectivity index (χ0n) is 10.5. The van der Waals surface area contributed by atoms with Crippen molar-refractivity contribution in [2.75, 3.05) is 6.61 Å². The second-order valence-electron chi connectivity index (χ2n) is 5.26. The molecule has 6 atom stereocenters. The lowest BCUT2D eigenvalue weighted by atomic mass is 9.85. The van der Waals surface area contributed by atoms with Crippen molar-refractivity contribution < 1.29 is 44.0 Å². The van der Waals surface area contributed by atoms with Crippen LogP contribution in [0.2, 0.25) is 0 Å². The quantitative estimate of drug-likeness (QED) is 0.307. The maximum atomic E-state index is 10.9. The fraction of sp³-hybridized carbons (Fsp3) is 1.00. The molecule has 0 amide bonds. The Kier molecular flexibility index (Phi) is 4.85. The van der Waals surface area contributed by atoms with E-state index in [4.69, 9.17) is 14.5 Å². The van der Waals surface area contributed by atoms with Crippen molar-refractivity contribution >= 4 is 7.82 Å². The van der Waals surface area contributed by atoms with Crippen molar-refractivity contribution in [1.82, 2.24) is 0 Å². The maximum absolute atomic E-state index is 10.9. The minimum Gasteiger partial charge on any atom is -0.387 e. The summed E-state index contributed by atoms with van der Waals surface area (Å²) in [6.45, 7) is 0.221. The van der Waals surface area contributed by atoms with Crippen LogP contribution in [0, 0.1) is 5.92 Å². The average Bonchev–Trinajstić information content (AvgIpc) is 3.15. The number of phosphoric acid groups is 1. The second kappa shape index (κ2) is 5.96. The lowest BCUT2D eigenvalue weighted by Gasteiger charge is -2.43. The third kappa shape index (κ3) is 3.76. The molecular formula is C10H19O9P. The van der Waals surface area contributed by atoms with Crippen molar-refractivity contribution in [3.8, 4) is 0 Å². The Bertz CT molecular complexity index is 381. The molecule has 2 aliphatic carbocycles. The molecule has 0 aromatic heterocycles. The van der Waals surface area contributed by atoms with Gasteiger partial charge in [0.25, 0.3) is 0 Å². The number of hydrogen-bond acceptors (Lipinski definition) is 7. The number of rotatable bonds is 5. The smallest absolute Gasteiger partial charge is 0.387 e. The second-order valence-corrected chi connectivity index (χ2v) is 6.46. The van der Waals surface area contributed by atoms with E-state index in [0.29, 0.717) is 5.92 Å². The molecule has 2 fully saturated rings. The summed E-state index contributed by atoms with van der Waals surface area (Å²) in [4.78, 5) is 17.7. The Labute approximate surface area is 115 Å². The molecule has 0 radical (unpaired) electrons. The lowest BCUT2D eigenvalue weighted by molar-refractivity contribution is -0.232. The molecule has 2 aliphatic rings. The highest BCUT2D eigenvalue weighted by Gasteiger charge is 2.52. The monoisotopic (exact) mass is 314 g/mol. The summed E-state index contributed by atoms with van der Waals surface area (Å²) in [5, 5.41) is 38.8. The van der Waals surface area contributed by atoms with Gasteiger partial charge in [-0.25, -0.2) is 4.57 Å². The molecule has 0 saturated heterocycles. The zero-order valence-corrected chi connectivity index (χ0v) is 11.4. The third-order valence-corrected chi connectivity index (χ3v) is 4.05. The van der Waals surface area contributed by atoms with Crippen LogP contribution in [0.15, 0.2) is 0 Å². The molecule has 20 heavy (non-hydrogen) atoms. The van der Waals surface area contributed by atoms with Crippen molar-refractivity contribution in [1.29, 1.82) is 0 Å². The summed E-state index contributed by atoms with van der Waals surface area (Å²) in [6, 6.07) is 0. The van der Waals surface area contributed by atoms with Crippen LogP contribution in [0.4, 0.5) is 0 Å². The van der Waals surface area contributed by atoms with Crippen molar-refractivity contribution in [3.05, 3.63) is 0 Å². The van der Waals surface area contributed by atoms with E-state index in [1.807, 2.05) is 0 Å². The molecule has 2 saturated carbocycles. The Morgan fingerprint density at radius 2 is 1.40 bits per heavy atom. The highest BCUT2D eigenvalue weighted by molar-refractivity contribution is 7.46. The standard InChI is InChI=1S/C10H19O9P/c11-5-6(12)8(14)10(19-20(15,16)17)9(7(5)13)18-3-4-1-2-4/h4-14H,1-3H2,(H2,15,16,17)/t5-,6-,7+,8+,9+,10-/m0/s1. The third-order valence-electron chi connectivity index (χ3n) is 3.53. The number of hydrogen-bond donors (Lipinski definition) is 6. The average molecular weight is 314 g/mol. The molecule has 0 unspecified atom stereocenters. The number of ether oxygens (including phenoxy) is 1. The summed E-state index contributed by atoms with van der Waals surface area (Å²) in [6.07, 6.45) is -7.97. The summed E-state index contributed by atoms with van der Waals surface area (Å²) in [7, 11) is -4.96. The van der Waals surface area contributed by atoms with E-state index in [-0.39, 0.29) is 6.61 Å². The van der Waals surface area contributed by atoms with Crippen LogP contribution in [0.25, 0.3) is 0 Å². The molecule has 0 spiro atoms. The highest BCUT2D eigenvalue weighted by atomic mass is 31.2. The van der Waals surface area contributed by atoms with Crippen LogP contribution < -0.4 is 0 Å². The molecule has 2 rings (SSSR count). The maximum Gasteiger partial charge on any atom is 0.470 e. The minimum atomic E-state index is -4.96. The van der Waals surface area contributed by atoms with Crippen molar-refractivity contribution in [2.24, 2.45) is 5.92 Å². The Morgan fingerprint density at radius 3 is 1.85 bits per heavy atom. The summed E-state index contributed by atoms with van der Waals surface area (Å²) >= 11 is 0. The minimum absolute atomic E-state index is 0.221. The van der Waals surface area contributed by atoms with Crippen LogP contribution >= 0.6 is 7.82 Å². The van der Waals surface area contributed by atoms with E-state index >= 15 is 0 Å². The number of phosphoric ester groups is 1. The van der Waals surface area contributed by atoms with Gasteiger partial charge in [-0.1, -0.05) is 0 Å². The number of aliphatic hydroxyl groups is 4. The van der Waals surface area contributed by atoms with Gasteiger partial charge in [0.05, 0.1) is 6.61 Å². The fourth-order valence-corrected chi connectivity index (χ4v) is 2.75. The van der Waals surface area contributed by atoms with E-state index in [2.05, 4.69) is 4.52 Å². The fourth-order valence-electron chi connectivity index (χ4n) is 2.19. The van der Waals surface area contributed by atoms with E-state index < -0.39 is 44.4 Å². The normalized spacial score (nSPS) is 42.7. The first-order chi connectivity index (χ1) is 9.20. The van der Waals surface area contributed by atoms with E-state index in [1.165, 1.54) is 0 Å². The highest BCUT2D eigenvalue weighted by Crippen LogP contribution is 2.42. The van der Waals surface area contributed by atoms with Crippen LogP contribution in [-0.4, -0.2) is 73.4 Å². The Morgan fingerprint density at radius 1 is 0.900 bits per heavy atom. The van der Waals surface area contributed by atoms with E-state index in [1.54, 1.807) is 0 Å². The summed E-state index contributed by atoms with van der Waals surface area (Å²) in [5.74, 6) is 0.291. The lowest BCUT2D eigenvalue weighted by Crippen LogP contribution is -2.64. The van der Waals surface area contributed by atoms with Crippen molar-refractivity contribution in [3.63, 3.8) is 0 Å². The molecule has 118 valence electrons. The first-order valence-corrected chi connectivity index (χ1v) is 7.81. The summed E-state index contributed by atoms with van der Waals surface area (Å²) in [5.41, 5.74) is 0. The van der Waals surface area contributed by atoms with Crippen LogP contribution in [0.1, 0.15) is 12.8 Å². The number of aliphatic hydroxyl groups excluding tert-OH is 4. The SMILES string of the molecule is O=P(O)(O)O[C@H]1[C@H](O)[C@@H](O)[C@H](O)[C@@H](O)[C@H]1OCC1CC1. The molecule has 0 heterocycles. The molecule has 0 bridgehead atoms. The first-order valence-electron chi connectivity index (χ1n) is 6.28. The summed E-state index contributed by atoms with van der Waals surface area (Å²) < 4.78 is 20.6. The van der Waals surface area contributed by atoms with E-state index in [9.17, 15) is 25.0 Å². The van der Waals surface area contributed by atoms with Gasteiger partial charge in [-0.3, -0.25) is 4.52 Å². The molecule has 0 aromatic rings. The largest absolute Gasteiger partial charge is 0.470 e. The molecule has 0 aliphatic heterocycles. The van der Waals surface area contributed by atoms with Crippen LogP contribution in [-0.2, 0) is 13.8 Å². The molecule has 6 N–H and O–H groups in total. The topological polar surface area (TPSA) is 157 Å². The molecule has 10 heteroatoms. The molecule has 9 nitrogen and oxygen atoms in total. The van der Waals surface area contributed by atoms with Crippen LogP contribution in [0.5, 0.6) is 0 Å². The van der Waals surface area contributed by atoms with Gasteiger partial charge in [0, 0.05) is 0 Å². The first kappa shape index (κ1) is 16.3. The van der Waals surface area contributed by atoms with Gasteiger partial charge in [0.15, 0.2) is 0 Å². The Balaban J connectivity index is 2.12. The van der Waals surface area contributed by atoms with Gasteiger partial charge < -0.3 is 34.9 Å². The van der Waals surface area contributed by atoms with Gasteiger partial charge >= 0.3 is 7.82 Å². The molecular weight excluding hydrogens is 295 g/mol. The van der Waals surface area contributed by atoms with Crippen molar-refractivity contribution in [2.45, 2.75) is 49.5 Å². The van der Waals surface area contributed by atoms with Gasteiger partial charge in [-0.05, 0) is 18.8 Å².